The van der Waals surface area contributed by atoms with Crippen molar-refractivity contribution in [3.05, 3.63) is 45.9 Å². The van der Waals surface area contributed by atoms with E-state index in [-0.39, 0.29) is 12.5 Å². The summed E-state index contributed by atoms with van der Waals surface area (Å²) in [7, 11) is 0. The molecule has 1 amide bonds. The van der Waals surface area contributed by atoms with Gasteiger partial charge in [-0.15, -0.1) is 11.3 Å². The van der Waals surface area contributed by atoms with E-state index in [4.69, 9.17) is 0 Å². The van der Waals surface area contributed by atoms with E-state index in [9.17, 15) is 14.7 Å². The van der Waals surface area contributed by atoms with Crippen molar-refractivity contribution in [1.82, 2.24) is 4.98 Å². The van der Waals surface area contributed by atoms with Crippen LogP contribution in [0.5, 0.6) is 0 Å². The number of carbonyl (C=O) groups is 2. The molecule has 20 heavy (non-hydrogen) atoms. The smallest absolute Gasteiger partial charge is 0.312 e. The van der Waals surface area contributed by atoms with Gasteiger partial charge in [0, 0.05) is 12.2 Å². The molecular weight excluding hydrogens is 276 g/mol. The van der Waals surface area contributed by atoms with Gasteiger partial charge in [0.15, 0.2) is 0 Å². The Morgan fingerprint density at radius 3 is 2.80 bits per heavy atom. The minimum absolute atomic E-state index is 0.171. The Balaban J connectivity index is 2.03. The second kappa shape index (κ2) is 4.72. The van der Waals surface area contributed by atoms with Crippen LogP contribution in [-0.4, -0.2) is 28.5 Å². The van der Waals surface area contributed by atoms with Crippen LogP contribution in [0.2, 0.25) is 0 Å². The van der Waals surface area contributed by atoms with Crippen LogP contribution in [0.4, 0.5) is 5.69 Å². The molecule has 0 bridgehead atoms. The fraction of sp³-hybridized carbons (Fsp3) is 0.214. The van der Waals surface area contributed by atoms with Crippen molar-refractivity contribution < 1.29 is 14.7 Å². The van der Waals surface area contributed by atoms with E-state index >= 15 is 0 Å². The lowest BCUT2D eigenvalue weighted by molar-refractivity contribution is -0.138. The van der Waals surface area contributed by atoms with Crippen molar-refractivity contribution in [1.29, 1.82) is 0 Å². The summed E-state index contributed by atoms with van der Waals surface area (Å²) in [5.41, 5.74) is 3.67. The molecular formula is C14H12N2O3S. The third kappa shape index (κ3) is 1.89. The van der Waals surface area contributed by atoms with Crippen molar-refractivity contribution in [3.63, 3.8) is 0 Å². The second-order valence-corrected chi connectivity index (χ2v) is 5.49. The first-order valence-corrected chi connectivity index (χ1v) is 7.01. The monoisotopic (exact) mass is 288 g/mol. The van der Waals surface area contributed by atoms with Gasteiger partial charge in [-0.05, 0) is 18.6 Å². The number of fused-ring (bicyclic) bond motifs is 1. The highest BCUT2D eigenvalue weighted by Crippen LogP contribution is 2.37. The van der Waals surface area contributed by atoms with Crippen LogP contribution in [0.15, 0.2) is 29.8 Å². The van der Waals surface area contributed by atoms with Crippen LogP contribution in [0.3, 0.4) is 0 Å². The minimum atomic E-state index is -0.909. The molecule has 2 aromatic rings. The molecule has 0 saturated carbocycles. The number of benzene rings is 1. The highest BCUT2D eigenvalue weighted by Gasteiger charge is 2.37. The number of thiazole rings is 1. The summed E-state index contributed by atoms with van der Waals surface area (Å²) < 4.78 is 0. The molecule has 6 heteroatoms. The Kier molecular flexibility index (Phi) is 3.02. The molecule has 2 heterocycles. The molecule has 0 spiro atoms. The molecule has 0 aliphatic carbocycles. The molecule has 0 unspecified atom stereocenters. The predicted octanol–water partition coefficient (Wildman–Crippen LogP) is 2.28. The van der Waals surface area contributed by atoms with Gasteiger partial charge in [0.25, 0.3) is 5.91 Å². The van der Waals surface area contributed by atoms with E-state index in [0.29, 0.717) is 21.8 Å². The summed E-state index contributed by atoms with van der Waals surface area (Å²) in [6.45, 7) is 1.95. The zero-order chi connectivity index (χ0) is 14.3. The average Bonchev–Trinajstić information content (AvgIpc) is 3.01. The Morgan fingerprint density at radius 1 is 1.40 bits per heavy atom. The van der Waals surface area contributed by atoms with Gasteiger partial charge in [-0.1, -0.05) is 18.2 Å². The highest BCUT2D eigenvalue weighted by molar-refractivity contribution is 7.12. The van der Waals surface area contributed by atoms with Gasteiger partial charge in [-0.2, -0.15) is 0 Å². The molecule has 1 aromatic heterocycles. The summed E-state index contributed by atoms with van der Waals surface area (Å²) >= 11 is 1.28. The molecule has 1 aromatic carbocycles. The van der Waals surface area contributed by atoms with Gasteiger partial charge < -0.3 is 10.0 Å². The molecule has 102 valence electrons. The number of aliphatic carboxylic acids is 1. The van der Waals surface area contributed by atoms with E-state index < -0.39 is 11.9 Å². The van der Waals surface area contributed by atoms with Crippen LogP contribution < -0.4 is 4.90 Å². The number of rotatable bonds is 2. The number of hydrogen-bond donors (Lipinski definition) is 1. The van der Waals surface area contributed by atoms with E-state index in [1.807, 2.05) is 6.07 Å². The van der Waals surface area contributed by atoms with Gasteiger partial charge in [0.1, 0.15) is 10.8 Å². The van der Waals surface area contributed by atoms with Crippen molar-refractivity contribution in [2.24, 2.45) is 0 Å². The lowest BCUT2D eigenvalue weighted by Crippen LogP contribution is -2.31. The summed E-state index contributed by atoms with van der Waals surface area (Å²) in [5.74, 6) is -1.75. The maximum Gasteiger partial charge on any atom is 0.312 e. The van der Waals surface area contributed by atoms with Gasteiger partial charge in [0.2, 0.25) is 0 Å². The first-order chi connectivity index (χ1) is 9.59. The van der Waals surface area contributed by atoms with E-state index in [1.54, 1.807) is 30.6 Å². The standard InChI is InChI=1S/C14H12N2O3S/c1-8-12(20-7-15-8)13(17)16-6-10(14(18)19)9-4-2-3-5-11(9)16/h2-5,7,10H,6H2,1H3,(H,18,19)/t10-/m1/s1. The number of hydrogen-bond acceptors (Lipinski definition) is 4. The third-order valence-corrected chi connectivity index (χ3v) is 4.37. The van der Waals surface area contributed by atoms with Crippen LogP contribution in [0.1, 0.15) is 26.8 Å². The lowest BCUT2D eigenvalue weighted by atomic mass is 10.0. The van der Waals surface area contributed by atoms with Crippen LogP contribution in [0, 0.1) is 6.92 Å². The highest BCUT2D eigenvalue weighted by atomic mass is 32.1. The quantitative estimate of drug-likeness (QED) is 0.920. The van der Waals surface area contributed by atoms with Gasteiger partial charge in [0.05, 0.1) is 11.2 Å². The Bertz CT molecular complexity index is 695. The van der Waals surface area contributed by atoms with Crippen LogP contribution in [0.25, 0.3) is 0 Å². The van der Waals surface area contributed by atoms with Gasteiger partial charge in [-0.25, -0.2) is 4.98 Å². The number of carboxylic acid groups (broad SMARTS) is 1. The van der Waals surface area contributed by atoms with Gasteiger partial charge >= 0.3 is 5.97 Å². The molecule has 0 saturated heterocycles. The van der Waals surface area contributed by atoms with Crippen LogP contribution in [-0.2, 0) is 4.79 Å². The first kappa shape index (κ1) is 12.8. The minimum Gasteiger partial charge on any atom is -0.481 e. The SMILES string of the molecule is Cc1ncsc1C(=O)N1C[C@@H](C(=O)O)c2ccccc21. The zero-order valence-electron chi connectivity index (χ0n) is 10.7. The van der Waals surface area contributed by atoms with Crippen LogP contribution >= 0.6 is 11.3 Å². The van der Waals surface area contributed by atoms with Crippen molar-refractivity contribution in [2.75, 3.05) is 11.4 Å². The number of aromatic nitrogens is 1. The summed E-state index contributed by atoms with van der Waals surface area (Å²) in [6.07, 6.45) is 0. The first-order valence-electron chi connectivity index (χ1n) is 6.13. The topological polar surface area (TPSA) is 70.5 Å². The van der Waals surface area contributed by atoms with E-state index in [2.05, 4.69) is 4.98 Å². The summed E-state index contributed by atoms with van der Waals surface area (Å²) in [4.78, 5) is 30.1. The Labute approximate surface area is 119 Å². The Morgan fingerprint density at radius 2 is 2.15 bits per heavy atom. The summed E-state index contributed by atoms with van der Waals surface area (Å²) in [6, 6.07) is 7.15. The third-order valence-electron chi connectivity index (χ3n) is 3.45. The van der Waals surface area contributed by atoms with E-state index in [0.717, 1.165) is 0 Å². The number of anilines is 1. The molecule has 5 nitrogen and oxygen atoms in total. The molecule has 1 aliphatic heterocycles. The zero-order valence-corrected chi connectivity index (χ0v) is 11.6. The fourth-order valence-corrected chi connectivity index (χ4v) is 3.19. The molecule has 0 radical (unpaired) electrons. The molecule has 1 aliphatic rings. The normalized spacial score (nSPS) is 17.1. The largest absolute Gasteiger partial charge is 0.481 e. The molecule has 1 N–H and O–H groups in total. The number of para-hydroxylation sites is 1. The van der Waals surface area contributed by atoms with Crippen molar-refractivity contribution in [3.8, 4) is 0 Å². The molecule has 3 rings (SSSR count). The molecule has 1 atom stereocenters. The predicted molar refractivity (Wildman–Crippen MR) is 75.3 cm³/mol. The van der Waals surface area contributed by atoms with Crippen molar-refractivity contribution >= 4 is 28.9 Å². The number of nitrogens with zero attached hydrogens (tertiary/aromatic N) is 2. The maximum atomic E-state index is 12.6. The average molecular weight is 288 g/mol. The van der Waals surface area contributed by atoms with Gasteiger partial charge in [-0.3, -0.25) is 9.59 Å². The molecule has 0 fully saturated rings. The number of amides is 1. The second-order valence-electron chi connectivity index (χ2n) is 4.63. The maximum absolute atomic E-state index is 12.6. The Hall–Kier alpha value is -2.21. The fourth-order valence-electron chi connectivity index (χ4n) is 2.44. The van der Waals surface area contributed by atoms with Crippen molar-refractivity contribution in [2.45, 2.75) is 12.8 Å². The number of carboxylic acids is 1. The number of carbonyl (C=O) groups excluding carboxylic acids is 1. The lowest BCUT2D eigenvalue weighted by Gasteiger charge is -2.16. The number of aryl methyl sites for hydroxylation is 1. The van der Waals surface area contributed by atoms with E-state index in [1.165, 1.54) is 16.2 Å². The summed E-state index contributed by atoms with van der Waals surface area (Å²) in [5, 5.41) is 9.30.